The van der Waals surface area contributed by atoms with E-state index in [0.717, 1.165) is 5.69 Å². The molecule has 4 nitrogen and oxygen atoms in total. The molecule has 0 saturated heterocycles. The van der Waals surface area contributed by atoms with Crippen LogP contribution in [0.3, 0.4) is 0 Å². The first-order valence-corrected chi connectivity index (χ1v) is 7.25. The fraction of sp³-hybridized carbons (Fsp3) is 0.235. The number of rotatable bonds is 3. The normalized spacial score (nSPS) is 14.7. The summed E-state index contributed by atoms with van der Waals surface area (Å²) in [6.07, 6.45) is 0.0514. The zero-order chi connectivity index (χ0) is 15.7. The first-order chi connectivity index (χ1) is 10.6. The molecule has 5 heteroatoms. The highest BCUT2D eigenvalue weighted by atomic mass is 19.1. The summed E-state index contributed by atoms with van der Waals surface area (Å²) in [6, 6.07) is 11.5. The van der Waals surface area contributed by atoms with E-state index in [1.54, 1.807) is 12.1 Å². The lowest BCUT2D eigenvalue weighted by molar-refractivity contribution is 0.102. The fourth-order valence-corrected chi connectivity index (χ4v) is 2.60. The third kappa shape index (κ3) is 2.55. The van der Waals surface area contributed by atoms with Gasteiger partial charge in [0.2, 0.25) is 0 Å². The van der Waals surface area contributed by atoms with Gasteiger partial charge in [-0.1, -0.05) is 19.1 Å². The molecule has 1 aliphatic heterocycles. The van der Waals surface area contributed by atoms with Crippen molar-refractivity contribution >= 4 is 23.0 Å². The van der Waals surface area contributed by atoms with Gasteiger partial charge in [0.05, 0.1) is 28.7 Å². The maximum Gasteiger partial charge on any atom is 0.257 e. The van der Waals surface area contributed by atoms with Gasteiger partial charge >= 0.3 is 0 Å². The van der Waals surface area contributed by atoms with Gasteiger partial charge in [0.1, 0.15) is 5.82 Å². The van der Waals surface area contributed by atoms with E-state index in [2.05, 4.69) is 5.32 Å². The number of benzene rings is 2. The van der Waals surface area contributed by atoms with Crippen LogP contribution in [0.15, 0.2) is 42.5 Å². The summed E-state index contributed by atoms with van der Waals surface area (Å²) in [5, 5.41) is 12.9. The molecular weight excluding hydrogens is 283 g/mol. The number of nitrogens with zero attached hydrogens (tertiary/aromatic N) is 1. The second-order valence-corrected chi connectivity index (χ2v) is 5.31. The molecule has 0 bridgehead atoms. The van der Waals surface area contributed by atoms with Crippen molar-refractivity contribution in [2.45, 2.75) is 19.4 Å². The number of carbonyl (C=O) groups excluding carboxylic acids is 1. The molecule has 1 aliphatic rings. The Morgan fingerprint density at radius 2 is 2.00 bits per heavy atom. The molecule has 0 aromatic heterocycles. The Morgan fingerprint density at radius 1 is 1.23 bits per heavy atom. The van der Waals surface area contributed by atoms with Crippen LogP contribution in [0.2, 0.25) is 0 Å². The minimum atomic E-state index is -0.542. The van der Waals surface area contributed by atoms with Crippen LogP contribution in [0.25, 0.3) is 0 Å². The van der Waals surface area contributed by atoms with E-state index in [1.165, 1.54) is 12.1 Å². The zero-order valence-corrected chi connectivity index (χ0v) is 12.2. The predicted molar refractivity (Wildman–Crippen MR) is 84.1 cm³/mol. The number of anilines is 3. The molecule has 3 rings (SSSR count). The average Bonchev–Trinajstić information content (AvgIpc) is 2.63. The molecule has 0 spiro atoms. The van der Waals surface area contributed by atoms with Gasteiger partial charge < -0.3 is 15.3 Å². The van der Waals surface area contributed by atoms with E-state index in [-0.39, 0.29) is 11.5 Å². The smallest absolute Gasteiger partial charge is 0.257 e. The lowest BCUT2D eigenvalue weighted by Gasteiger charge is -2.27. The Kier molecular flexibility index (Phi) is 3.81. The number of amides is 1. The van der Waals surface area contributed by atoms with E-state index < -0.39 is 11.9 Å². The van der Waals surface area contributed by atoms with Crippen molar-refractivity contribution in [3.05, 3.63) is 53.8 Å². The Labute approximate surface area is 128 Å². The molecule has 0 aliphatic carbocycles. The van der Waals surface area contributed by atoms with Crippen LogP contribution in [0.1, 0.15) is 23.7 Å². The van der Waals surface area contributed by atoms with E-state index in [0.29, 0.717) is 24.3 Å². The topological polar surface area (TPSA) is 52.6 Å². The summed E-state index contributed by atoms with van der Waals surface area (Å²) < 4.78 is 13.5. The number of hydrogen-bond acceptors (Lipinski definition) is 3. The van der Waals surface area contributed by atoms with Crippen molar-refractivity contribution in [3.63, 3.8) is 0 Å². The number of β-amino-alcohol motifs (C(OH)–C–C–N with tert-alkyl or cyclic N) is 1. The standard InChI is InChI=1S/C17H17FN2O2/c1-2-12(21)10-20-15-8-7-11(18)9-13(15)17(22)19-14-5-3-4-6-16(14)20/h3-9,12,21H,2,10H2,1H3,(H,19,22). The molecule has 1 amide bonds. The number of nitrogens with one attached hydrogen (secondary N) is 1. The lowest BCUT2D eigenvalue weighted by Crippen LogP contribution is -2.28. The number of halogens is 1. The van der Waals surface area contributed by atoms with Gasteiger partial charge in [-0.25, -0.2) is 4.39 Å². The minimum Gasteiger partial charge on any atom is -0.391 e. The van der Waals surface area contributed by atoms with Gasteiger partial charge in [-0.2, -0.15) is 0 Å². The number of aliphatic hydroxyl groups is 1. The Balaban J connectivity index is 2.18. The quantitative estimate of drug-likeness (QED) is 0.914. The SMILES string of the molecule is CCC(O)CN1c2ccccc2NC(=O)c2cc(F)ccc21. The molecule has 2 aromatic carbocycles. The van der Waals surface area contributed by atoms with Crippen molar-refractivity contribution in [1.82, 2.24) is 0 Å². The van der Waals surface area contributed by atoms with Crippen molar-refractivity contribution in [1.29, 1.82) is 0 Å². The second-order valence-electron chi connectivity index (χ2n) is 5.31. The molecule has 1 heterocycles. The summed E-state index contributed by atoms with van der Waals surface area (Å²) in [4.78, 5) is 14.2. The lowest BCUT2D eigenvalue weighted by atomic mass is 10.1. The van der Waals surface area contributed by atoms with Crippen LogP contribution in [-0.4, -0.2) is 23.7 Å². The van der Waals surface area contributed by atoms with E-state index in [1.807, 2.05) is 30.0 Å². The van der Waals surface area contributed by atoms with Crippen molar-refractivity contribution < 1.29 is 14.3 Å². The highest BCUT2D eigenvalue weighted by Crippen LogP contribution is 2.38. The molecule has 1 atom stereocenters. The fourth-order valence-electron chi connectivity index (χ4n) is 2.60. The number of aliphatic hydroxyl groups excluding tert-OH is 1. The van der Waals surface area contributed by atoms with Gasteiger partial charge in [-0.3, -0.25) is 4.79 Å². The predicted octanol–water partition coefficient (Wildman–Crippen LogP) is 3.30. The number of hydrogen-bond donors (Lipinski definition) is 2. The molecule has 22 heavy (non-hydrogen) atoms. The van der Waals surface area contributed by atoms with Crippen molar-refractivity contribution in [2.75, 3.05) is 16.8 Å². The van der Waals surface area contributed by atoms with Gasteiger partial charge in [0.15, 0.2) is 0 Å². The van der Waals surface area contributed by atoms with Crippen LogP contribution in [-0.2, 0) is 0 Å². The first-order valence-electron chi connectivity index (χ1n) is 7.25. The number of carbonyl (C=O) groups is 1. The Morgan fingerprint density at radius 3 is 2.77 bits per heavy atom. The minimum absolute atomic E-state index is 0.263. The van der Waals surface area contributed by atoms with Crippen LogP contribution in [0.5, 0.6) is 0 Å². The average molecular weight is 300 g/mol. The second kappa shape index (κ2) is 5.77. The monoisotopic (exact) mass is 300 g/mol. The van der Waals surface area contributed by atoms with E-state index >= 15 is 0 Å². The summed E-state index contributed by atoms with van der Waals surface area (Å²) in [7, 11) is 0. The van der Waals surface area contributed by atoms with Crippen LogP contribution >= 0.6 is 0 Å². The maximum atomic E-state index is 13.5. The first kappa shape index (κ1) is 14.5. The maximum absolute atomic E-state index is 13.5. The van der Waals surface area contributed by atoms with Gasteiger partial charge in [-0.05, 0) is 36.8 Å². The Bertz CT molecular complexity index is 718. The van der Waals surface area contributed by atoms with Gasteiger partial charge in [0, 0.05) is 6.54 Å². The summed E-state index contributed by atoms with van der Waals surface area (Å²) in [6.45, 7) is 2.23. The zero-order valence-electron chi connectivity index (χ0n) is 12.2. The number of fused-ring (bicyclic) bond motifs is 2. The molecule has 1 unspecified atom stereocenters. The third-order valence-corrected chi connectivity index (χ3v) is 3.80. The third-order valence-electron chi connectivity index (χ3n) is 3.80. The molecule has 2 aromatic rings. The molecule has 0 saturated carbocycles. The molecular formula is C17H17FN2O2. The number of para-hydroxylation sites is 2. The largest absolute Gasteiger partial charge is 0.391 e. The van der Waals surface area contributed by atoms with Crippen LogP contribution in [0.4, 0.5) is 21.5 Å². The molecule has 0 radical (unpaired) electrons. The molecule has 2 N–H and O–H groups in total. The summed E-state index contributed by atoms with van der Waals surface area (Å²) in [5.41, 5.74) is 2.29. The molecule has 0 fully saturated rings. The highest BCUT2D eigenvalue weighted by Gasteiger charge is 2.26. The van der Waals surface area contributed by atoms with Crippen LogP contribution < -0.4 is 10.2 Å². The van der Waals surface area contributed by atoms with Gasteiger partial charge in [-0.15, -0.1) is 0 Å². The molecule has 114 valence electrons. The van der Waals surface area contributed by atoms with Crippen molar-refractivity contribution in [3.8, 4) is 0 Å². The van der Waals surface area contributed by atoms with Crippen LogP contribution in [0, 0.1) is 5.82 Å². The van der Waals surface area contributed by atoms with E-state index in [4.69, 9.17) is 0 Å². The Hall–Kier alpha value is -2.40. The summed E-state index contributed by atoms with van der Waals surface area (Å²) >= 11 is 0. The van der Waals surface area contributed by atoms with Gasteiger partial charge in [0.25, 0.3) is 5.91 Å². The highest BCUT2D eigenvalue weighted by molar-refractivity contribution is 6.12. The van der Waals surface area contributed by atoms with E-state index in [9.17, 15) is 14.3 Å². The summed E-state index contributed by atoms with van der Waals surface area (Å²) in [5.74, 6) is -0.814. The van der Waals surface area contributed by atoms with Crippen molar-refractivity contribution in [2.24, 2.45) is 0 Å².